The average Bonchev–Trinajstić information content (AvgIpc) is 2.72. The van der Waals surface area contributed by atoms with Crippen molar-refractivity contribution in [2.75, 3.05) is 6.61 Å². The largest absolute Gasteiger partial charge is 0.466 e. The fourth-order valence-electron chi connectivity index (χ4n) is 3.64. The first kappa shape index (κ1) is 26.6. The lowest BCUT2D eigenvalue weighted by molar-refractivity contribution is -0.142. The summed E-state index contributed by atoms with van der Waals surface area (Å²) < 4.78 is 11.2. The van der Waals surface area contributed by atoms with Gasteiger partial charge in [-0.25, -0.2) is 4.79 Å². The molecule has 0 amide bonds. The highest BCUT2D eigenvalue weighted by atomic mass is 16.5. The van der Waals surface area contributed by atoms with E-state index in [4.69, 9.17) is 9.47 Å². The van der Waals surface area contributed by atoms with Gasteiger partial charge >= 0.3 is 11.9 Å². The highest BCUT2D eigenvalue weighted by molar-refractivity contribution is 5.91. The van der Waals surface area contributed by atoms with Gasteiger partial charge in [-0.15, -0.1) is 0 Å². The van der Waals surface area contributed by atoms with Crippen molar-refractivity contribution in [2.45, 2.75) is 91.9 Å². The van der Waals surface area contributed by atoms with E-state index in [9.17, 15) is 9.59 Å². The quantitative estimate of drug-likeness (QED) is 0.321. The lowest BCUT2D eigenvalue weighted by Crippen LogP contribution is -2.22. The minimum Gasteiger partial charge on any atom is -0.466 e. The zero-order valence-corrected chi connectivity index (χ0v) is 21.6. The third-order valence-corrected chi connectivity index (χ3v) is 5.68. The van der Waals surface area contributed by atoms with Crippen molar-refractivity contribution in [3.63, 3.8) is 0 Å². The smallest absolute Gasteiger partial charge is 0.343 e. The Morgan fingerprint density at radius 3 is 2.03 bits per heavy atom. The molecule has 0 N–H and O–H groups in total. The fourth-order valence-corrected chi connectivity index (χ4v) is 3.64. The summed E-state index contributed by atoms with van der Waals surface area (Å²) in [5, 5.41) is 0. The number of hydrogen-bond acceptors (Lipinski definition) is 4. The zero-order chi connectivity index (χ0) is 24.8. The van der Waals surface area contributed by atoms with Gasteiger partial charge in [0.05, 0.1) is 18.6 Å². The van der Waals surface area contributed by atoms with Crippen LogP contribution in [-0.2, 0) is 33.2 Å². The number of aryl methyl sites for hydroxylation is 1. The van der Waals surface area contributed by atoms with Gasteiger partial charge in [0.2, 0.25) is 0 Å². The molecule has 0 radical (unpaired) electrons. The van der Waals surface area contributed by atoms with Crippen molar-refractivity contribution in [1.82, 2.24) is 0 Å². The van der Waals surface area contributed by atoms with Gasteiger partial charge in [0.1, 0.15) is 5.75 Å². The molecule has 0 aliphatic heterocycles. The number of rotatable bonds is 8. The molecular formula is C29H40O4. The summed E-state index contributed by atoms with van der Waals surface area (Å²) in [6, 6.07) is 11.7. The van der Waals surface area contributed by atoms with Crippen LogP contribution in [0.5, 0.6) is 5.75 Å². The van der Waals surface area contributed by atoms with Crippen molar-refractivity contribution in [3.05, 3.63) is 64.2 Å². The summed E-state index contributed by atoms with van der Waals surface area (Å²) in [7, 11) is 0. The minimum atomic E-state index is -0.420. The molecule has 0 aliphatic rings. The Bertz CT molecular complexity index is 957. The first-order valence-electron chi connectivity index (χ1n) is 12.0. The van der Waals surface area contributed by atoms with Crippen molar-refractivity contribution >= 4 is 11.9 Å². The van der Waals surface area contributed by atoms with Crippen LogP contribution in [0.4, 0.5) is 0 Å². The van der Waals surface area contributed by atoms with Crippen LogP contribution in [0.15, 0.2) is 36.4 Å². The Morgan fingerprint density at radius 2 is 1.52 bits per heavy atom. The van der Waals surface area contributed by atoms with E-state index in [-0.39, 0.29) is 23.2 Å². The molecule has 0 saturated heterocycles. The molecule has 2 aromatic carbocycles. The topological polar surface area (TPSA) is 52.6 Å². The van der Waals surface area contributed by atoms with Crippen LogP contribution < -0.4 is 4.74 Å². The molecule has 0 bridgehead atoms. The molecule has 2 aromatic rings. The molecule has 0 aliphatic carbocycles. The fraction of sp³-hybridized carbons (Fsp3) is 0.517. The summed E-state index contributed by atoms with van der Waals surface area (Å²) >= 11 is 0. The predicted molar refractivity (Wildman–Crippen MR) is 134 cm³/mol. The van der Waals surface area contributed by atoms with Crippen molar-refractivity contribution < 1.29 is 19.1 Å². The molecule has 0 heterocycles. The van der Waals surface area contributed by atoms with Crippen LogP contribution in [0.1, 0.15) is 101 Å². The number of hydrogen-bond donors (Lipinski definition) is 0. The van der Waals surface area contributed by atoms with Crippen molar-refractivity contribution in [1.29, 1.82) is 0 Å². The van der Waals surface area contributed by atoms with Crippen LogP contribution in [-0.4, -0.2) is 18.5 Å². The predicted octanol–water partition coefficient (Wildman–Crippen LogP) is 6.95. The summed E-state index contributed by atoms with van der Waals surface area (Å²) in [5.74, 6) is -0.291. The van der Waals surface area contributed by atoms with E-state index in [0.29, 0.717) is 23.5 Å². The van der Waals surface area contributed by atoms with Gasteiger partial charge in [0.25, 0.3) is 0 Å². The van der Waals surface area contributed by atoms with E-state index in [1.807, 2.05) is 30.3 Å². The molecule has 4 nitrogen and oxygen atoms in total. The molecule has 2 rings (SSSR count). The Hall–Kier alpha value is -2.62. The van der Waals surface area contributed by atoms with Gasteiger partial charge in [-0.05, 0) is 53.9 Å². The molecule has 180 valence electrons. The molecule has 0 unspecified atom stereocenters. The van der Waals surface area contributed by atoms with Gasteiger partial charge in [0.15, 0.2) is 0 Å². The van der Waals surface area contributed by atoms with Gasteiger partial charge in [0, 0.05) is 11.1 Å². The van der Waals surface area contributed by atoms with Crippen LogP contribution in [0.25, 0.3) is 0 Å². The highest BCUT2D eigenvalue weighted by Crippen LogP contribution is 2.39. The standard InChI is InChI=1S/C29H40O4/c1-9-11-12-20-13-15-21(16-14-20)27(31)33-26-22(18-25(30)32-10-2)17-23(28(3,4)5)19-24(26)29(6,7)8/h13-17,19H,9-12,18H2,1-8H3. The molecule has 0 aromatic heterocycles. The molecule has 33 heavy (non-hydrogen) atoms. The second-order valence-corrected chi connectivity index (χ2v) is 10.7. The Balaban J connectivity index is 2.51. The maximum absolute atomic E-state index is 13.1. The summed E-state index contributed by atoms with van der Waals surface area (Å²) in [4.78, 5) is 25.5. The Labute approximate surface area is 199 Å². The molecule has 0 atom stereocenters. The van der Waals surface area contributed by atoms with E-state index in [2.05, 4.69) is 54.5 Å². The maximum atomic E-state index is 13.1. The van der Waals surface area contributed by atoms with E-state index in [1.54, 1.807) is 6.92 Å². The summed E-state index contributed by atoms with van der Waals surface area (Å²) in [6.07, 6.45) is 3.31. The van der Waals surface area contributed by atoms with Gasteiger partial charge in [-0.2, -0.15) is 0 Å². The summed E-state index contributed by atoms with van der Waals surface area (Å²) in [6.45, 7) is 16.9. The Kier molecular flexibility index (Phi) is 8.88. The Morgan fingerprint density at radius 1 is 0.879 bits per heavy atom. The van der Waals surface area contributed by atoms with Gasteiger partial charge in [-0.1, -0.05) is 79.2 Å². The second-order valence-electron chi connectivity index (χ2n) is 10.7. The minimum absolute atomic E-state index is 0.0550. The highest BCUT2D eigenvalue weighted by Gasteiger charge is 2.28. The SMILES string of the molecule is CCCCc1ccc(C(=O)Oc2c(CC(=O)OCC)cc(C(C)(C)C)cc2C(C)(C)C)cc1. The number of benzene rings is 2. The number of carbonyl (C=O) groups excluding carboxylic acids is 2. The average molecular weight is 453 g/mol. The van der Waals surface area contributed by atoms with Crippen molar-refractivity contribution in [2.24, 2.45) is 0 Å². The van der Waals surface area contributed by atoms with Gasteiger partial charge in [-0.3, -0.25) is 4.79 Å². The van der Waals surface area contributed by atoms with Crippen LogP contribution in [0.3, 0.4) is 0 Å². The molecule has 4 heteroatoms. The van der Waals surface area contributed by atoms with E-state index in [1.165, 1.54) is 5.56 Å². The lowest BCUT2D eigenvalue weighted by atomic mass is 9.78. The molecular weight excluding hydrogens is 412 g/mol. The monoisotopic (exact) mass is 452 g/mol. The third-order valence-electron chi connectivity index (χ3n) is 5.68. The first-order valence-corrected chi connectivity index (χ1v) is 12.0. The zero-order valence-electron chi connectivity index (χ0n) is 21.6. The van der Waals surface area contributed by atoms with E-state index < -0.39 is 5.97 Å². The first-order chi connectivity index (χ1) is 15.4. The maximum Gasteiger partial charge on any atom is 0.343 e. The van der Waals surface area contributed by atoms with Crippen LogP contribution >= 0.6 is 0 Å². The van der Waals surface area contributed by atoms with Crippen molar-refractivity contribution in [3.8, 4) is 5.75 Å². The molecule has 0 fully saturated rings. The van der Waals surface area contributed by atoms with E-state index >= 15 is 0 Å². The second kappa shape index (κ2) is 11.0. The normalized spacial score (nSPS) is 11.9. The summed E-state index contributed by atoms with van der Waals surface area (Å²) in [5.41, 5.74) is 3.97. The third kappa shape index (κ3) is 7.45. The van der Waals surface area contributed by atoms with Crippen LogP contribution in [0.2, 0.25) is 0 Å². The number of unbranched alkanes of at least 4 members (excludes halogenated alkanes) is 1. The number of ether oxygens (including phenoxy) is 2. The number of carbonyl (C=O) groups is 2. The number of esters is 2. The molecule has 0 spiro atoms. The molecule has 0 saturated carbocycles. The van der Waals surface area contributed by atoms with Crippen LogP contribution in [0, 0.1) is 0 Å². The van der Waals surface area contributed by atoms with E-state index in [0.717, 1.165) is 30.4 Å². The van der Waals surface area contributed by atoms with Gasteiger partial charge < -0.3 is 9.47 Å². The lowest BCUT2D eigenvalue weighted by Gasteiger charge is -2.29.